The highest BCUT2D eigenvalue weighted by molar-refractivity contribution is 7.10. The minimum atomic E-state index is -0.139. The van der Waals surface area contributed by atoms with Crippen molar-refractivity contribution in [2.45, 2.75) is 6.10 Å². The van der Waals surface area contributed by atoms with Crippen molar-refractivity contribution in [3.63, 3.8) is 0 Å². The molecule has 0 amide bonds. The lowest BCUT2D eigenvalue weighted by Crippen LogP contribution is -2.17. The quantitative estimate of drug-likeness (QED) is 0.913. The summed E-state index contributed by atoms with van der Waals surface area (Å²) in [6.07, 6.45) is 3.05. The molecule has 2 rings (SSSR count). The molecule has 1 unspecified atom stereocenters. The second-order valence-corrected chi connectivity index (χ2v) is 4.61. The van der Waals surface area contributed by atoms with Crippen LogP contribution in [0.25, 0.3) is 0 Å². The van der Waals surface area contributed by atoms with Crippen LogP contribution in [0.2, 0.25) is 5.02 Å². The summed E-state index contributed by atoms with van der Waals surface area (Å²) >= 11 is 7.45. The highest BCUT2D eigenvalue weighted by atomic mass is 35.5. The van der Waals surface area contributed by atoms with Gasteiger partial charge in [-0.25, -0.2) is 0 Å². The zero-order chi connectivity index (χ0) is 11.4. The third-order valence-corrected chi connectivity index (χ3v) is 3.20. The highest BCUT2D eigenvalue weighted by Gasteiger charge is 2.12. The molecule has 3 nitrogen and oxygen atoms in total. The maximum Gasteiger partial charge on any atom is 0.145 e. The summed E-state index contributed by atoms with van der Waals surface area (Å²) in [7, 11) is 0. The third-order valence-electron chi connectivity index (χ3n) is 2.03. The first-order valence-corrected chi connectivity index (χ1v) is 6.06. The van der Waals surface area contributed by atoms with Gasteiger partial charge in [-0.05, 0) is 11.4 Å². The van der Waals surface area contributed by atoms with Crippen LogP contribution in [0.1, 0.15) is 11.0 Å². The standard InChI is InChI=1S/C11H11ClN2OS/c12-8-4-9(7-14-6-8)15-10(5-13)11-2-1-3-16-11/h1-4,6-7,10H,5,13H2. The van der Waals surface area contributed by atoms with Crippen molar-refractivity contribution in [3.05, 3.63) is 45.9 Å². The predicted molar refractivity (Wildman–Crippen MR) is 66.0 cm³/mol. The van der Waals surface area contributed by atoms with Gasteiger partial charge in [0.05, 0.1) is 11.2 Å². The van der Waals surface area contributed by atoms with E-state index < -0.39 is 0 Å². The summed E-state index contributed by atoms with van der Waals surface area (Å²) in [6.45, 7) is 0.424. The minimum absolute atomic E-state index is 0.139. The zero-order valence-electron chi connectivity index (χ0n) is 8.47. The van der Waals surface area contributed by atoms with E-state index in [9.17, 15) is 0 Å². The van der Waals surface area contributed by atoms with Gasteiger partial charge in [0, 0.05) is 23.7 Å². The molecule has 0 saturated heterocycles. The molecular weight excluding hydrogens is 244 g/mol. The van der Waals surface area contributed by atoms with Gasteiger partial charge in [0.1, 0.15) is 11.9 Å². The molecule has 16 heavy (non-hydrogen) atoms. The molecule has 0 saturated carbocycles. The van der Waals surface area contributed by atoms with Crippen LogP contribution in [-0.2, 0) is 0 Å². The molecule has 0 bridgehead atoms. The predicted octanol–water partition coefficient (Wildman–Crippen LogP) is 2.88. The number of aromatic nitrogens is 1. The van der Waals surface area contributed by atoms with Crippen molar-refractivity contribution < 1.29 is 4.74 Å². The lowest BCUT2D eigenvalue weighted by molar-refractivity contribution is 0.217. The van der Waals surface area contributed by atoms with Gasteiger partial charge in [-0.1, -0.05) is 17.7 Å². The molecule has 2 N–H and O–H groups in total. The molecule has 2 heterocycles. The molecule has 5 heteroatoms. The molecule has 0 aliphatic heterocycles. The Morgan fingerprint density at radius 2 is 2.38 bits per heavy atom. The highest BCUT2D eigenvalue weighted by Crippen LogP contribution is 2.25. The van der Waals surface area contributed by atoms with Crippen LogP contribution in [-0.4, -0.2) is 11.5 Å². The molecule has 1 atom stereocenters. The monoisotopic (exact) mass is 254 g/mol. The van der Waals surface area contributed by atoms with E-state index in [1.807, 2.05) is 17.5 Å². The fourth-order valence-electron chi connectivity index (χ4n) is 1.32. The largest absolute Gasteiger partial charge is 0.482 e. The number of pyridine rings is 1. The fourth-order valence-corrected chi connectivity index (χ4v) is 2.25. The van der Waals surface area contributed by atoms with Gasteiger partial charge in [-0.2, -0.15) is 0 Å². The SMILES string of the molecule is NCC(Oc1cncc(Cl)c1)c1cccs1. The van der Waals surface area contributed by atoms with Gasteiger partial charge >= 0.3 is 0 Å². The molecule has 0 fully saturated rings. The molecule has 2 aromatic rings. The van der Waals surface area contributed by atoms with Crippen molar-refractivity contribution in [1.82, 2.24) is 4.98 Å². The van der Waals surface area contributed by atoms with E-state index in [0.717, 1.165) is 4.88 Å². The topological polar surface area (TPSA) is 48.1 Å². The zero-order valence-corrected chi connectivity index (χ0v) is 10.0. The maximum absolute atomic E-state index is 5.83. The Balaban J connectivity index is 2.13. The number of thiophene rings is 1. The summed E-state index contributed by atoms with van der Waals surface area (Å²) in [5, 5.41) is 2.55. The summed E-state index contributed by atoms with van der Waals surface area (Å²) in [5.41, 5.74) is 5.68. The fraction of sp³-hybridized carbons (Fsp3) is 0.182. The maximum atomic E-state index is 5.83. The first-order chi connectivity index (χ1) is 7.79. The molecule has 0 aliphatic carbocycles. The van der Waals surface area contributed by atoms with Crippen molar-refractivity contribution in [3.8, 4) is 5.75 Å². The van der Waals surface area contributed by atoms with Crippen LogP contribution >= 0.6 is 22.9 Å². The lowest BCUT2D eigenvalue weighted by Gasteiger charge is -2.15. The summed E-state index contributed by atoms with van der Waals surface area (Å²) in [4.78, 5) is 5.06. The van der Waals surface area contributed by atoms with Gasteiger partial charge in [-0.15, -0.1) is 11.3 Å². The Morgan fingerprint density at radius 3 is 3.00 bits per heavy atom. The Hall–Kier alpha value is -1.10. The molecule has 0 spiro atoms. The second kappa shape index (κ2) is 5.30. The Bertz CT molecular complexity index is 447. The van der Waals surface area contributed by atoms with Crippen LogP contribution in [0.5, 0.6) is 5.75 Å². The van der Waals surface area contributed by atoms with Gasteiger partial charge < -0.3 is 10.5 Å². The Kier molecular flexibility index (Phi) is 3.77. The summed E-state index contributed by atoms with van der Waals surface area (Å²) < 4.78 is 5.73. The van der Waals surface area contributed by atoms with Gasteiger partial charge in [0.25, 0.3) is 0 Å². The summed E-state index contributed by atoms with van der Waals surface area (Å²) in [6, 6.07) is 5.70. The number of nitrogens with two attached hydrogens (primary N) is 1. The van der Waals surface area contributed by atoms with E-state index in [1.54, 1.807) is 29.8 Å². The minimum Gasteiger partial charge on any atom is -0.482 e. The molecule has 0 aliphatic rings. The van der Waals surface area contributed by atoms with Crippen LogP contribution in [0.4, 0.5) is 0 Å². The molecular formula is C11H11ClN2OS. The first-order valence-electron chi connectivity index (χ1n) is 4.80. The van der Waals surface area contributed by atoms with E-state index in [4.69, 9.17) is 22.1 Å². The number of hydrogen-bond donors (Lipinski definition) is 1. The molecule has 84 valence electrons. The van der Waals surface area contributed by atoms with Crippen LogP contribution in [0.3, 0.4) is 0 Å². The normalized spacial score (nSPS) is 12.4. The lowest BCUT2D eigenvalue weighted by atomic mass is 10.3. The first kappa shape index (κ1) is 11.4. The smallest absolute Gasteiger partial charge is 0.145 e. The van der Waals surface area contributed by atoms with Crippen molar-refractivity contribution >= 4 is 22.9 Å². The number of rotatable bonds is 4. The van der Waals surface area contributed by atoms with Gasteiger partial charge in [-0.3, -0.25) is 4.98 Å². The van der Waals surface area contributed by atoms with E-state index in [1.165, 1.54) is 0 Å². The van der Waals surface area contributed by atoms with Crippen LogP contribution < -0.4 is 10.5 Å². The molecule has 0 aromatic carbocycles. The summed E-state index contributed by atoms with van der Waals surface area (Å²) in [5.74, 6) is 0.636. The Morgan fingerprint density at radius 1 is 1.50 bits per heavy atom. The van der Waals surface area contributed by atoms with E-state index >= 15 is 0 Å². The van der Waals surface area contributed by atoms with Crippen molar-refractivity contribution in [1.29, 1.82) is 0 Å². The average Bonchev–Trinajstić information content (AvgIpc) is 2.79. The number of hydrogen-bond acceptors (Lipinski definition) is 4. The van der Waals surface area contributed by atoms with Crippen LogP contribution in [0.15, 0.2) is 36.0 Å². The van der Waals surface area contributed by atoms with Crippen molar-refractivity contribution in [2.24, 2.45) is 5.73 Å². The van der Waals surface area contributed by atoms with Crippen molar-refractivity contribution in [2.75, 3.05) is 6.54 Å². The van der Waals surface area contributed by atoms with E-state index in [-0.39, 0.29) is 6.10 Å². The van der Waals surface area contributed by atoms with E-state index in [2.05, 4.69) is 4.98 Å². The average molecular weight is 255 g/mol. The van der Waals surface area contributed by atoms with Gasteiger partial charge in [0.2, 0.25) is 0 Å². The van der Waals surface area contributed by atoms with Gasteiger partial charge in [0.15, 0.2) is 0 Å². The number of halogens is 1. The second-order valence-electron chi connectivity index (χ2n) is 3.20. The molecule has 2 aromatic heterocycles. The number of nitrogens with zero attached hydrogens (tertiary/aromatic N) is 1. The van der Waals surface area contributed by atoms with E-state index in [0.29, 0.717) is 17.3 Å². The number of ether oxygens (including phenoxy) is 1. The molecule has 0 radical (unpaired) electrons. The van der Waals surface area contributed by atoms with Crippen LogP contribution in [0, 0.1) is 0 Å². The Labute approximate surface area is 103 Å². The third kappa shape index (κ3) is 2.72.